The summed E-state index contributed by atoms with van der Waals surface area (Å²) >= 11 is 0. The zero-order valence-corrected chi connectivity index (χ0v) is 17.5. The number of carbonyl (C=O) groups excluding carboxylic acids is 1. The standard InChI is InChI=1S/C16H24N2O7S2/c1-11-8-12(18-15(19)16(2,3)10-26(18,20)21)6-7-13(11)27(22,23)17-9-14(24-4)25-5/h6-8,14,17H,9-10H2,1-5H3. The van der Waals surface area contributed by atoms with E-state index in [-0.39, 0.29) is 22.9 Å². The molecular formula is C16H24N2O7S2. The number of sulfonamides is 2. The van der Waals surface area contributed by atoms with Gasteiger partial charge in [-0.2, -0.15) is 0 Å². The lowest BCUT2D eigenvalue weighted by Crippen LogP contribution is -2.35. The van der Waals surface area contributed by atoms with Crippen LogP contribution < -0.4 is 9.03 Å². The molecule has 0 unspecified atom stereocenters. The molecule has 1 aliphatic rings. The van der Waals surface area contributed by atoms with E-state index in [1.807, 2.05) is 0 Å². The highest BCUT2D eigenvalue weighted by atomic mass is 32.2. The molecule has 1 heterocycles. The lowest BCUT2D eigenvalue weighted by atomic mass is 9.95. The van der Waals surface area contributed by atoms with Crippen LogP contribution in [0.3, 0.4) is 0 Å². The Bertz CT molecular complexity index is 936. The topological polar surface area (TPSA) is 119 Å². The summed E-state index contributed by atoms with van der Waals surface area (Å²) < 4.78 is 62.7. The van der Waals surface area contributed by atoms with E-state index in [0.29, 0.717) is 5.56 Å². The van der Waals surface area contributed by atoms with Crippen LogP contribution >= 0.6 is 0 Å². The minimum absolute atomic E-state index is 0.0273. The molecule has 9 nitrogen and oxygen atoms in total. The maximum absolute atomic E-state index is 12.5. The zero-order valence-electron chi connectivity index (χ0n) is 15.8. The average molecular weight is 421 g/mol. The number of rotatable bonds is 7. The first-order valence-electron chi connectivity index (χ1n) is 8.09. The van der Waals surface area contributed by atoms with Crippen LogP contribution in [-0.4, -0.2) is 55.6 Å². The van der Waals surface area contributed by atoms with Crippen molar-refractivity contribution in [2.24, 2.45) is 5.41 Å². The van der Waals surface area contributed by atoms with Crippen molar-refractivity contribution in [3.63, 3.8) is 0 Å². The Kier molecular flexibility index (Phi) is 6.02. The molecule has 1 amide bonds. The number of methoxy groups -OCH3 is 2. The minimum atomic E-state index is -3.87. The second kappa shape index (κ2) is 7.47. The van der Waals surface area contributed by atoms with Gasteiger partial charge < -0.3 is 9.47 Å². The van der Waals surface area contributed by atoms with E-state index < -0.39 is 37.7 Å². The van der Waals surface area contributed by atoms with Gasteiger partial charge in [0.15, 0.2) is 6.29 Å². The van der Waals surface area contributed by atoms with Crippen LogP contribution in [0.2, 0.25) is 0 Å². The number of anilines is 1. The summed E-state index contributed by atoms with van der Waals surface area (Å²) in [4.78, 5) is 12.4. The zero-order chi connectivity index (χ0) is 20.6. The van der Waals surface area contributed by atoms with E-state index in [4.69, 9.17) is 9.47 Å². The van der Waals surface area contributed by atoms with Crippen molar-refractivity contribution in [3.05, 3.63) is 23.8 Å². The fraction of sp³-hybridized carbons (Fsp3) is 0.562. The smallest absolute Gasteiger partial charge is 0.247 e. The van der Waals surface area contributed by atoms with Gasteiger partial charge in [0.2, 0.25) is 26.0 Å². The van der Waals surface area contributed by atoms with Crippen molar-refractivity contribution in [2.45, 2.75) is 32.0 Å². The fourth-order valence-corrected chi connectivity index (χ4v) is 6.18. The summed E-state index contributed by atoms with van der Waals surface area (Å²) in [7, 11) is -4.91. The lowest BCUT2D eigenvalue weighted by Gasteiger charge is -2.19. The van der Waals surface area contributed by atoms with Gasteiger partial charge in [-0.05, 0) is 44.5 Å². The first kappa shape index (κ1) is 21.8. The molecule has 0 saturated carbocycles. The third kappa shape index (κ3) is 4.32. The number of hydrogen-bond donors (Lipinski definition) is 1. The van der Waals surface area contributed by atoms with Crippen LogP contribution in [-0.2, 0) is 34.3 Å². The Morgan fingerprint density at radius 3 is 2.30 bits per heavy atom. The number of nitrogens with one attached hydrogen (secondary N) is 1. The Balaban J connectivity index is 2.35. The Morgan fingerprint density at radius 1 is 1.26 bits per heavy atom. The molecule has 1 aromatic carbocycles. The Morgan fingerprint density at radius 2 is 1.85 bits per heavy atom. The Hall–Kier alpha value is -1.53. The predicted molar refractivity (Wildman–Crippen MR) is 99.2 cm³/mol. The van der Waals surface area contributed by atoms with Gasteiger partial charge in [-0.15, -0.1) is 0 Å². The van der Waals surface area contributed by atoms with Gasteiger partial charge in [0.05, 0.1) is 28.3 Å². The second-order valence-electron chi connectivity index (χ2n) is 6.91. The number of hydrogen-bond acceptors (Lipinski definition) is 7. The van der Waals surface area contributed by atoms with Gasteiger partial charge in [0.1, 0.15) is 0 Å². The summed E-state index contributed by atoms with van der Waals surface area (Å²) in [6.07, 6.45) is -0.742. The van der Waals surface area contributed by atoms with Gasteiger partial charge in [0, 0.05) is 14.2 Å². The minimum Gasteiger partial charge on any atom is -0.355 e. The van der Waals surface area contributed by atoms with Crippen LogP contribution in [0.1, 0.15) is 19.4 Å². The molecule has 1 fully saturated rings. The SMILES string of the molecule is COC(CNS(=O)(=O)c1ccc(N2C(=O)C(C)(C)CS2(=O)=O)cc1C)OC. The van der Waals surface area contributed by atoms with Gasteiger partial charge >= 0.3 is 0 Å². The Labute approximate surface area is 159 Å². The molecule has 0 spiro atoms. The average Bonchev–Trinajstić information content (AvgIpc) is 2.71. The van der Waals surface area contributed by atoms with Gasteiger partial charge in [0.25, 0.3) is 0 Å². The molecular weight excluding hydrogens is 396 g/mol. The summed E-state index contributed by atoms with van der Waals surface area (Å²) in [5.41, 5.74) is -0.610. The molecule has 27 heavy (non-hydrogen) atoms. The highest BCUT2D eigenvalue weighted by Gasteiger charge is 2.50. The van der Waals surface area contributed by atoms with E-state index >= 15 is 0 Å². The fourth-order valence-electron chi connectivity index (χ4n) is 2.84. The lowest BCUT2D eigenvalue weighted by molar-refractivity contribution is -0.123. The number of carbonyl (C=O) groups is 1. The van der Waals surface area contributed by atoms with E-state index in [1.54, 1.807) is 13.8 Å². The van der Waals surface area contributed by atoms with E-state index in [2.05, 4.69) is 4.72 Å². The van der Waals surface area contributed by atoms with Crippen molar-refractivity contribution in [3.8, 4) is 0 Å². The molecule has 0 atom stereocenters. The monoisotopic (exact) mass is 420 g/mol. The van der Waals surface area contributed by atoms with Gasteiger partial charge in [-0.25, -0.2) is 25.9 Å². The molecule has 1 saturated heterocycles. The van der Waals surface area contributed by atoms with Crippen LogP contribution in [0, 0.1) is 12.3 Å². The summed E-state index contributed by atoms with van der Waals surface area (Å²) in [6, 6.07) is 3.95. The van der Waals surface area contributed by atoms with Crippen molar-refractivity contribution < 1.29 is 31.1 Å². The highest BCUT2D eigenvalue weighted by molar-refractivity contribution is 7.94. The van der Waals surface area contributed by atoms with Crippen molar-refractivity contribution in [1.82, 2.24) is 4.72 Å². The number of benzene rings is 1. The second-order valence-corrected chi connectivity index (χ2v) is 10.5. The maximum atomic E-state index is 12.5. The third-order valence-electron chi connectivity index (χ3n) is 4.23. The summed E-state index contributed by atoms with van der Waals surface area (Å²) in [5.74, 6) is -0.840. The van der Waals surface area contributed by atoms with Gasteiger partial charge in [-0.3, -0.25) is 4.79 Å². The number of nitrogens with zero attached hydrogens (tertiary/aromatic N) is 1. The normalized spacial score (nSPS) is 19.0. The first-order chi connectivity index (χ1) is 12.4. The first-order valence-corrected chi connectivity index (χ1v) is 11.2. The van der Waals surface area contributed by atoms with Crippen molar-refractivity contribution in [1.29, 1.82) is 0 Å². The molecule has 1 N–H and O–H groups in total. The van der Waals surface area contributed by atoms with Crippen LogP contribution in [0.4, 0.5) is 5.69 Å². The number of ether oxygens (including phenoxy) is 2. The largest absolute Gasteiger partial charge is 0.355 e. The molecule has 0 bridgehead atoms. The number of amides is 1. The third-order valence-corrected chi connectivity index (χ3v) is 7.84. The molecule has 1 aliphatic heterocycles. The maximum Gasteiger partial charge on any atom is 0.247 e. The summed E-state index contributed by atoms with van der Waals surface area (Å²) in [5, 5.41) is 0. The van der Waals surface area contributed by atoms with Crippen LogP contribution in [0.5, 0.6) is 0 Å². The molecule has 152 valence electrons. The molecule has 11 heteroatoms. The van der Waals surface area contributed by atoms with Gasteiger partial charge in [-0.1, -0.05) is 0 Å². The quantitative estimate of drug-likeness (QED) is 0.641. The van der Waals surface area contributed by atoms with Crippen molar-refractivity contribution in [2.75, 3.05) is 30.8 Å². The van der Waals surface area contributed by atoms with Crippen LogP contribution in [0.15, 0.2) is 23.1 Å². The highest BCUT2D eigenvalue weighted by Crippen LogP contribution is 2.36. The van der Waals surface area contributed by atoms with E-state index in [9.17, 15) is 21.6 Å². The van der Waals surface area contributed by atoms with E-state index in [0.717, 1.165) is 4.31 Å². The number of aryl methyl sites for hydroxylation is 1. The summed E-state index contributed by atoms with van der Waals surface area (Å²) in [6.45, 7) is 4.55. The molecule has 1 aromatic rings. The molecule has 2 rings (SSSR count). The van der Waals surface area contributed by atoms with Crippen molar-refractivity contribution >= 4 is 31.6 Å². The predicted octanol–water partition coefficient (Wildman–Crippen LogP) is 0.595. The van der Waals surface area contributed by atoms with Crippen LogP contribution in [0.25, 0.3) is 0 Å². The molecule has 0 radical (unpaired) electrons. The molecule has 0 aliphatic carbocycles. The molecule has 0 aromatic heterocycles. The van der Waals surface area contributed by atoms with E-state index in [1.165, 1.54) is 39.3 Å².